The molecule has 0 spiro atoms. The van der Waals surface area contributed by atoms with E-state index < -0.39 is 5.97 Å². The van der Waals surface area contributed by atoms with E-state index in [1.54, 1.807) is 6.20 Å². The first kappa shape index (κ1) is 25.6. The Morgan fingerprint density at radius 1 is 1.00 bits per heavy atom. The van der Waals surface area contributed by atoms with Gasteiger partial charge in [0.25, 0.3) is 0 Å². The summed E-state index contributed by atoms with van der Waals surface area (Å²) >= 11 is 0. The molecule has 3 N–H and O–H groups in total. The fourth-order valence-electron chi connectivity index (χ4n) is 4.00. The highest BCUT2D eigenvalue weighted by atomic mass is 16.4. The van der Waals surface area contributed by atoms with Gasteiger partial charge in [0.05, 0.1) is 6.20 Å². The Balaban J connectivity index is 2.01. The first-order valence-corrected chi connectivity index (χ1v) is 11.8. The van der Waals surface area contributed by atoms with Crippen molar-refractivity contribution in [1.29, 1.82) is 0 Å². The Kier molecular flexibility index (Phi) is 14.4. The van der Waals surface area contributed by atoms with Gasteiger partial charge in [-0.05, 0) is 25.7 Å². The molecule has 1 rings (SSSR count). The summed E-state index contributed by atoms with van der Waals surface area (Å²) in [5, 5.41) is 9.24. The number of carboxylic acids is 1. The molecule has 1 atom stereocenters. The molecule has 5 nitrogen and oxygen atoms in total. The quantitative estimate of drug-likeness (QED) is 0.162. The summed E-state index contributed by atoms with van der Waals surface area (Å²) in [7, 11) is 0. The summed E-state index contributed by atoms with van der Waals surface area (Å²) < 4.78 is 0.306. The topological polar surface area (TPSA) is 75.7 Å². The van der Waals surface area contributed by atoms with E-state index in [1.165, 1.54) is 77.0 Å². The van der Waals surface area contributed by atoms with Crippen molar-refractivity contribution in [1.82, 2.24) is 0 Å². The lowest BCUT2D eigenvalue weighted by Crippen LogP contribution is -2.52. The molecule has 0 aliphatic carbocycles. The van der Waals surface area contributed by atoms with Crippen LogP contribution >= 0.6 is 0 Å². The smallest absolute Gasteiger partial charge is 0.360 e. The summed E-state index contributed by atoms with van der Waals surface area (Å²) in [6.07, 6.45) is 25.9. The van der Waals surface area contributed by atoms with E-state index in [-0.39, 0.29) is 6.54 Å². The average molecular weight is 407 g/mol. The molecule has 0 saturated carbocycles. The number of rotatable bonds is 19. The monoisotopic (exact) mass is 406 g/mol. The first-order chi connectivity index (χ1) is 14.1. The zero-order chi connectivity index (χ0) is 21.2. The fourth-order valence-corrected chi connectivity index (χ4v) is 4.00. The van der Waals surface area contributed by atoms with Crippen LogP contribution in [0, 0.1) is 0 Å². The SMILES string of the molecule is CCC/C=C/CCCCCCCCCCCCC1=NC=C[N+]1(CCN)CC(=O)O. The van der Waals surface area contributed by atoms with E-state index in [0.29, 0.717) is 17.6 Å². The van der Waals surface area contributed by atoms with Crippen molar-refractivity contribution >= 4 is 11.8 Å². The van der Waals surface area contributed by atoms with Gasteiger partial charge >= 0.3 is 5.97 Å². The third-order valence-corrected chi connectivity index (χ3v) is 5.68. The third kappa shape index (κ3) is 11.3. The largest absolute Gasteiger partial charge is 0.477 e. The highest BCUT2D eigenvalue weighted by molar-refractivity contribution is 5.81. The molecular weight excluding hydrogens is 362 g/mol. The van der Waals surface area contributed by atoms with Crippen LogP contribution in [-0.2, 0) is 4.79 Å². The molecule has 166 valence electrons. The number of nitrogens with zero attached hydrogens (tertiary/aromatic N) is 2. The standard InChI is InChI=1S/C24H43N3O2/c1-2-3-4-5-6-7-8-9-10-11-12-13-14-15-16-17-23-26-19-21-27(23,20-18-25)22-24(28)29/h4-5,19,21H,2-3,6-18,20,22,25H2,1H3/p+1/b5-4+. The van der Waals surface area contributed by atoms with Crippen LogP contribution in [0.5, 0.6) is 0 Å². The first-order valence-electron chi connectivity index (χ1n) is 11.8. The Morgan fingerprint density at radius 2 is 1.59 bits per heavy atom. The third-order valence-electron chi connectivity index (χ3n) is 5.68. The predicted octanol–water partition coefficient (Wildman–Crippen LogP) is 5.77. The van der Waals surface area contributed by atoms with Crippen molar-refractivity contribution in [2.45, 2.75) is 96.8 Å². The Hall–Kier alpha value is -1.46. The molecule has 0 bridgehead atoms. The van der Waals surface area contributed by atoms with Crippen LogP contribution < -0.4 is 5.73 Å². The second-order valence-corrected chi connectivity index (χ2v) is 8.28. The summed E-state index contributed by atoms with van der Waals surface area (Å²) in [6, 6.07) is 0. The van der Waals surface area contributed by atoms with Crippen LogP contribution in [0.1, 0.15) is 96.8 Å². The molecule has 0 aromatic heterocycles. The van der Waals surface area contributed by atoms with Gasteiger partial charge in [-0.15, -0.1) is 0 Å². The van der Waals surface area contributed by atoms with E-state index in [0.717, 1.165) is 18.7 Å². The number of aliphatic carboxylic acids is 1. The van der Waals surface area contributed by atoms with Gasteiger partial charge in [0, 0.05) is 13.0 Å². The van der Waals surface area contributed by atoms with Gasteiger partial charge in [-0.3, -0.25) is 0 Å². The van der Waals surface area contributed by atoms with E-state index in [1.807, 2.05) is 6.20 Å². The molecule has 0 aromatic rings. The minimum Gasteiger partial charge on any atom is -0.477 e. The molecule has 0 saturated heterocycles. The van der Waals surface area contributed by atoms with E-state index in [9.17, 15) is 9.90 Å². The van der Waals surface area contributed by atoms with Crippen LogP contribution in [0.15, 0.2) is 29.5 Å². The number of quaternary nitrogens is 1. The van der Waals surface area contributed by atoms with Crippen molar-refractivity contribution in [2.24, 2.45) is 10.7 Å². The number of carboxylic acid groups (broad SMARTS) is 1. The van der Waals surface area contributed by atoms with Crippen molar-refractivity contribution in [3.63, 3.8) is 0 Å². The van der Waals surface area contributed by atoms with Gasteiger partial charge in [-0.1, -0.05) is 76.9 Å². The maximum Gasteiger partial charge on any atom is 0.360 e. The number of allylic oxidation sites excluding steroid dienone is 2. The molecule has 29 heavy (non-hydrogen) atoms. The number of hydrogen-bond donors (Lipinski definition) is 2. The Morgan fingerprint density at radius 3 is 2.17 bits per heavy atom. The molecular formula is C24H44N3O2+. The minimum atomic E-state index is -0.800. The number of unbranched alkanes of at least 4 members (excludes halogenated alkanes) is 11. The summed E-state index contributed by atoms with van der Waals surface area (Å²) in [4.78, 5) is 15.7. The lowest BCUT2D eigenvalue weighted by molar-refractivity contribution is -0.778. The van der Waals surface area contributed by atoms with E-state index >= 15 is 0 Å². The van der Waals surface area contributed by atoms with Crippen LogP contribution in [0.3, 0.4) is 0 Å². The second-order valence-electron chi connectivity index (χ2n) is 8.28. The maximum absolute atomic E-state index is 11.2. The number of aliphatic imine (C=N–C) groups is 1. The molecule has 1 aliphatic heterocycles. The van der Waals surface area contributed by atoms with Gasteiger partial charge in [-0.2, -0.15) is 0 Å². The molecule has 0 radical (unpaired) electrons. The zero-order valence-electron chi connectivity index (χ0n) is 18.7. The molecule has 1 unspecified atom stereocenters. The molecule has 0 aromatic carbocycles. The van der Waals surface area contributed by atoms with Crippen LogP contribution in [0.25, 0.3) is 0 Å². The van der Waals surface area contributed by atoms with Gasteiger partial charge in [-0.25, -0.2) is 14.3 Å². The van der Waals surface area contributed by atoms with Crippen LogP contribution in [0.4, 0.5) is 0 Å². The van der Waals surface area contributed by atoms with Gasteiger partial charge in [0.15, 0.2) is 6.54 Å². The molecule has 1 aliphatic rings. The number of nitrogens with two attached hydrogens (primary N) is 1. The Labute approximate surface area is 178 Å². The van der Waals surface area contributed by atoms with E-state index in [2.05, 4.69) is 24.1 Å². The normalized spacial score (nSPS) is 18.6. The van der Waals surface area contributed by atoms with Crippen molar-refractivity contribution < 1.29 is 14.4 Å². The van der Waals surface area contributed by atoms with E-state index in [4.69, 9.17) is 5.73 Å². The van der Waals surface area contributed by atoms with Gasteiger partial charge < -0.3 is 10.8 Å². The molecule has 0 fully saturated rings. The van der Waals surface area contributed by atoms with Crippen molar-refractivity contribution in [2.75, 3.05) is 19.6 Å². The highest BCUT2D eigenvalue weighted by Crippen LogP contribution is 2.21. The fraction of sp³-hybridized carbons (Fsp3) is 0.750. The number of amidine groups is 1. The highest BCUT2D eigenvalue weighted by Gasteiger charge is 2.36. The van der Waals surface area contributed by atoms with Crippen LogP contribution in [0.2, 0.25) is 0 Å². The lowest BCUT2D eigenvalue weighted by atomic mass is 10.0. The lowest BCUT2D eigenvalue weighted by Gasteiger charge is -2.30. The summed E-state index contributed by atoms with van der Waals surface area (Å²) in [5.41, 5.74) is 5.72. The molecule has 0 amide bonds. The summed E-state index contributed by atoms with van der Waals surface area (Å²) in [5.74, 6) is 0.160. The van der Waals surface area contributed by atoms with Gasteiger partial charge in [0.1, 0.15) is 12.7 Å². The van der Waals surface area contributed by atoms with Gasteiger partial charge in [0.2, 0.25) is 5.84 Å². The predicted molar refractivity (Wildman–Crippen MR) is 123 cm³/mol. The molecule has 1 heterocycles. The molecule has 5 heteroatoms. The number of carbonyl (C=O) groups is 1. The number of hydrogen-bond acceptors (Lipinski definition) is 3. The van der Waals surface area contributed by atoms with Crippen molar-refractivity contribution in [3.05, 3.63) is 24.6 Å². The van der Waals surface area contributed by atoms with Crippen LogP contribution in [-0.4, -0.2) is 41.0 Å². The average Bonchev–Trinajstić information content (AvgIpc) is 3.06. The Bertz CT molecular complexity index is 528. The second kappa shape index (κ2) is 16.3. The zero-order valence-corrected chi connectivity index (χ0v) is 18.7. The minimum absolute atomic E-state index is 0.0432. The summed E-state index contributed by atoms with van der Waals surface area (Å²) in [6.45, 7) is 3.34. The maximum atomic E-state index is 11.2. The van der Waals surface area contributed by atoms with Crippen molar-refractivity contribution in [3.8, 4) is 0 Å².